The van der Waals surface area contributed by atoms with E-state index in [0.717, 1.165) is 5.56 Å². The van der Waals surface area contributed by atoms with Gasteiger partial charge in [0, 0.05) is 6.54 Å². The van der Waals surface area contributed by atoms with Crippen molar-refractivity contribution in [1.82, 2.24) is 9.78 Å². The number of anilines is 1. The van der Waals surface area contributed by atoms with Crippen LogP contribution in [0.5, 0.6) is 5.75 Å². The lowest BCUT2D eigenvalue weighted by molar-refractivity contribution is 0.251. The van der Waals surface area contributed by atoms with Gasteiger partial charge in [-0.05, 0) is 36.2 Å². The molecule has 1 atom stereocenters. The first-order chi connectivity index (χ1) is 13.6. The number of hydrogen-bond donors (Lipinski definition) is 1. The van der Waals surface area contributed by atoms with Crippen LogP contribution in [0.4, 0.5) is 5.69 Å². The Labute approximate surface area is 168 Å². The largest absolute Gasteiger partial charge is 0.476 e. The molecule has 142 valence electrons. The Hall–Kier alpha value is -3.30. The summed E-state index contributed by atoms with van der Waals surface area (Å²) in [5.41, 5.74) is 1.63. The molecular weight excluding hydrogens is 376 g/mol. The molecule has 0 amide bonds. The Balaban J connectivity index is 1.74. The van der Waals surface area contributed by atoms with Gasteiger partial charge >= 0.3 is 0 Å². The number of nitrogens with zero attached hydrogens (tertiary/aromatic N) is 3. The summed E-state index contributed by atoms with van der Waals surface area (Å²) in [5, 5.41) is 16.4. The van der Waals surface area contributed by atoms with Gasteiger partial charge in [0.05, 0.1) is 17.6 Å². The third kappa shape index (κ3) is 4.51. The molecule has 3 aromatic rings. The predicted octanol–water partition coefficient (Wildman–Crippen LogP) is 4.18. The summed E-state index contributed by atoms with van der Waals surface area (Å²) in [5.74, 6) is 0.622. The van der Waals surface area contributed by atoms with Gasteiger partial charge in [0.2, 0.25) is 0 Å². The van der Waals surface area contributed by atoms with Crippen LogP contribution in [0.3, 0.4) is 0 Å². The predicted molar refractivity (Wildman–Crippen MR) is 109 cm³/mol. The van der Waals surface area contributed by atoms with Crippen molar-refractivity contribution >= 4 is 17.3 Å². The van der Waals surface area contributed by atoms with Gasteiger partial charge in [0.15, 0.2) is 6.10 Å². The zero-order valence-corrected chi connectivity index (χ0v) is 16.1. The van der Waals surface area contributed by atoms with Gasteiger partial charge in [-0.25, -0.2) is 0 Å². The Kier molecular flexibility index (Phi) is 6.30. The number of halogens is 1. The highest BCUT2D eigenvalue weighted by Gasteiger charge is 2.11. The molecule has 0 spiro atoms. The van der Waals surface area contributed by atoms with Crippen molar-refractivity contribution in [2.45, 2.75) is 26.0 Å². The van der Waals surface area contributed by atoms with Gasteiger partial charge in [0.25, 0.3) is 5.56 Å². The average molecular weight is 395 g/mol. The number of para-hydroxylation sites is 1. The molecule has 0 aliphatic carbocycles. The lowest BCUT2D eigenvalue weighted by Gasteiger charge is -2.13. The highest BCUT2D eigenvalue weighted by Crippen LogP contribution is 2.20. The maximum absolute atomic E-state index is 12.5. The third-order valence-electron chi connectivity index (χ3n) is 4.09. The number of nitrogens with one attached hydrogen (secondary N) is 1. The van der Waals surface area contributed by atoms with E-state index < -0.39 is 11.7 Å². The van der Waals surface area contributed by atoms with Crippen LogP contribution < -0.4 is 15.6 Å². The van der Waals surface area contributed by atoms with Crippen LogP contribution >= 0.6 is 11.6 Å². The quantitative estimate of drug-likeness (QED) is 0.650. The summed E-state index contributed by atoms with van der Waals surface area (Å²) in [4.78, 5) is 12.5. The number of nitriles is 1. The fourth-order valence-electron chi connectivity index (χ4n) is 2.60. The normalized spacial score (nSPS) is 11.5. The maximum atomic E-state index is 12.5. The lowest BCUT2D eigenvalue weighted by atomic mass is 10.2. The summed E-state index contributed by atoms with van der Waals surface area (Å²) in [6.45, 7) is 2.32. The summed E-state index contributed by atoms with van der Waals surface area (Å²) in [6, 6.07) is 18.6. The minimum atomic E-state index is -0.479. The zero-order chi connectivity index (χ0) is 19.9. The summed E-state index contributed by atoms with van der Waals surface area (Å²) >= 11 is 6.26. The molecule has 0 aliphatic rings. The van der Waals surface area contributed by atoms with E-state index in [0.29, 0.717) is 30.1 Å². The smallest absolute Gasteiger partial charge is 0.292 e. The van der Waals surface area contributed by atoms with E-state index in [-0.39, 0.29) is 5.02 Å². The second kappa shape index (κ2) is 9.07. The minimum absolute atomic E-state index is 0.0711. The standard InChI is InChI=1S/C21H19ClN4O2/c1-2-17(12-23)28-18-10-6-7-15(11-18)13-24-19-14-25-26(21(27)20(19)22)16-8-4-3-5-9-16/h3-11,14,17,24H,2,13H2,1H3. The fourth-order valence-corrected chi connectivity index (χ4v) is 2.80. The molecule has 0 saturated carbocycles. The van der Waals surface area contributed by atoms with Gasteiger partial charge < -0.3 is 10.1 Å². The van der Waals surface area contributed by atoms with E-state index >= 15 is 0 Å². The molecule has 0 aliphatic heterocycles. The molecule has 2 aromatic carbocycles. The van der Waals surface area contributed by atoms with E-state index in [1.54, 1.807) is 18.2 Å². The summed E-state index contributed by atoms with van der Waals surface area (Å²) < 4.78 is 6.89. The molecule has 0 saturated heterocycles. The maximum Gasteiger partial charge on any atom is 0.292 e. The van der Waals surface area contributed by atoms with Gasteiger partial charge in [-0.2, -0.15) is 15.0 Å². The molecule has 0 fully saturated rings. The second-order valence-corrected chi connectivity index (χ2v) is 6.45. The Bertz CT molecular complexity index is 1040. The SMILES string of the molecule is CCC(C#N)Oc1cccc(CNc2cnn(-c3ccccc3)c(=O)c2Cl)c1. The van der Waals surface area contributed by atoms with Crippen molar-refractivity contribution in [1.29, 1.82) is 5.26 Å². The highest BCUT2D eigenvalue weighted by atomic mass is 35.5. The Morgan fingerprint density at radius 2 is 2.04 bits per heavy atom. The first-order valence-electron chi connectivity index (χ1n) is 8.84. The van der Waals surface area contributed by atoms with E-state index in [1.165, 1.54) is 10.9 Å². The van der Waals surface area contributed by atoms with Crippen LogP contribution in [-0.4, -0.2) is 15.9 Å². The third-order valence-corrected chi connectivity index (χ3v) is 4.46. The van der Waals surface area contributed by atoms with Crippen LogP contribution in [0, 0.1) is 11.3 Å². The molecule has 28 heavy (non-hydrogen) atoms. The van der Waals surface area contributed by atoms with Crippen molar-refractivity contribution in [3.63, 3.8) is 0 Å². The van der Waals surface area contributed by atoms with Crippen LogP contribution in [0.15, 0.2) is 65.6 Å². The monoisotopic (exact) mass is 394 g/mol. The molecular formula is C21H19ClN4O2. The molecule has 1 unspecified atom stereocenters. The van der Waals surface area contributed by atoms with E-state index in [1.807, 2.05) is 43.3 Å². The molecule has 3 rings (SSSR count). The van der Waals surface area contributed by atoms with E-state index in [9.17, 15) is 4.79 Å². The van der Waals surface area contributed by atoms with Crippen molar-refractivity contribution < 1.29 is 4.74 Å². The van der Waals surface area contributed by atoms with Crippen LogP contribution in [0.2, 0.25) is 5.02 Å². The summed E-state index contributed by atoms with van der Waals surface area (Å²) in [7, 11) is 0. The lowest BCUT2D eigenvalue weighted by Crippen LogP contribution is -2.22. The topological polar surface area (TPSA) is 79.9 Å². The number of aromatic nitrogens is 2. The number of rotatable bonds is 7. The Morgan fingerprint density at radius 3 is 2.75 bits per heavy atom. The molecule has 7 heteroatoms. The van der Waals surface area contributed by atoms with Crippen LogP contribution in [0.25, 0.3) is 5.69 Å². The Morgan fingerprint density at radius 1 is 1.25 bits per heavy atom. The summed E-state index contributed by atoms with van der Waals surface area (Å²) in [6.07, 6.45) is 1.66. The highest BCUT2D eigenvalue weighted by molar-refractivity contribution is 6.32. The van der Waals surface area contributed by atoms with E-state index in [4.69, 9.17) is 21.6 Å². The van der Waals surface area contributed by atoms with Gasteiger partial charge in [-0.15, -0.1) is 0 Å². The number of hydrogen-bond acceptors (Lipinski definition) is 5. The average Bonchev–Trinajstić information content (AvgIpc) is 2.74. The minimum Gasteiger partial charge on any atom is -0.476 e. The number of benzene rings is 2. The van der Waals surface area contributed by atoms with Gasteiger partial charge in [0.1, 0.15) is 16.8 Å². The molecule has 1 heterocycles. The van der Waals surface area contributed by atoms with E-state index in [2.05, 4.69) is 16.5 Å². The molecule has 0 bridgehead atoms. The van der Waals surface area contributed by atoms with Crippen molar-refractivity contribution in [3.05, 3.63) is 81.7 Å². The van der Waals surface area contributed by atoms with Crippen molar-refractivity contribution in [2.24, 2.45) is 0 Å². The fraction of sp³-hybridized carbons (Fsp3) is 0.190. The van der Waals surface area contributed by atoms with Crippen LogP contribution in [-0.2, 0) is 6.54 Å². The first-order valence-corrected chi connectivity index (χ1v) is 9.22. The van der Waals surface area contributed by atoms with Crippen molar-refractivity contribution in [3.8, 4) is 17.5 Å². The molecule has 1 aromatic heterocycles. The second-order valence-electron chi connectivity index (χ2n) is 6.07. The zero-order valence-electron chi connectivity index (χ0n) is 15.3. The molecule has 1 N–H and O–H groups in total. The first kappa shape index (κ1) is 19.5. The van der Waals surface area contributed by atoms with Gasteiger partial charge in [-0.1, -0.05) is 48.9 Å². The van der Waals surface area contributed by atoms with Gasteiger partial charge in [-0.3, -0.25) is 4.79 Å². The number of ether oxygens (including phenoxy) is 1. The van der Waals surface area contributed by atoms with Crippen molar-refractivity contribution in [2.75, 3.05) is 5.32 Å². The van der Waals surface area contributed by atoms with Crippen LogP contribution in [0.1, 0.15) is 18.9 Å². The molecule has 0 radical (unpaired) electrons. The molecule has 6 nitrogen and oxygen atoms in total.